The monoisotopic (exact) mass is 326 g/mol. The highest BCUT2D eigenvalue weighted by molar-refractivity contribution is 7.15. The third kappa shape index (κ3) is 2.68. The van der Waals surface area contributed by atoms with Crippen molar-refractivity contribution in [2.24, 2.45) is 5.92 Å². The third-order valence-electron chi connectivity index (χ3n) is 3.15. The van der Waals surface area contributed by atoms with E-state index in [9.17, 15) is 4.79 Å². The van der Waals surface area contributed by atoms with Gasteiger partial charge in [-0.25, -0.2) is 4.98 Å². The van der Waals surface area contributed by atoms with Crippen LogP contribution in [0.25, 0.3) is 10.4 Å². The molecule has 0 spiro atoms. The van der Waals surface area contributed by atoms with Gasteiger partial charge in [-0.1, -0.05) is 30.3 Å². The Morgan fingerprint density at radius 2 is 2.05 bits per heavy atom. The van der Waals surface area contributed by atoms with E-state index in [0.29, 0.717) is 12.2 Å². The summed E-state index contributed by atoms with van der Waals surface area (Å²) in [6.45, 7) is 1.91. The molecule has 1 aromatic heterocycles. The van der Waals surface area contributed by atoms with Crippen molar-refractivity contribution < 1.29 is 4.79 Å². The number of halogens is 2. The summed E-state index contributed by atoms with van der Waals surface area (Å²) in [6.07, 6.45) is 0.492. The smallest absolute Gasteiger partial charge is 0.231 e. The van der Waals surface area contributed by atoms with E-state index in [4.69, 9.17) is 23.2 Å². The van der Waals surface area contributed by atoms with Gasteiger partial charge in [-0.2, -0.15) is 0 Å². The lowest BCUT2D eigenvalue weighted by Crippen LogP contribution is -2.17. The zero-order chi connectivity index (χ0) is 14.3. The molecule has 1 aliphatic rings. The van der Waals surface area contributed by atoms with Gasteiger partial charge in [0, 0.05) is 0 Å². The molecule has 1 aromatic carbocycles. The quantitative estimate of drug-likeness (QED) is 0.856. The number of carbonyl (C=O) groups is 1. The number of hydrogen-bond donors (Lipinski definition) is 1. The van der Waals surface area contributed by atoms with Crippen LogP contribution in [0.4, 0.5) is 5.82 Å². The third-order valence-corrected chi connectivity index (χ3v) is 5.01. The second kappa shape index (κ2) is 5.02. The minimum atomic E-state index is -0.915. The molecule has 1 aliphatic carbocycles. The first-order valence-electron chi connectivity index (χ1n) is 6.19. The lowest BCUT2D eigenvalue weighted by molar-refractivity contribution is -0.117. The maximum atomic E-state index is 12.1. The van der Waals surface area contributed by atoms with E-state index in [2.05, 4.69) is 10.3 Å². The average molecular weight is 327 g/mol. The van der Waals surface area contributed by atoms with Crippen LogP contribution in [0.3, 0.4) is 0 Å². The van der Waals surface area contributed by atoms with Crippen molar-refractivity contribution in [1.29, 1.82) is 0 Å². The highest BCUT2D eigenvalue weighted by Gasteiger charge is 2.56. The van der Waals surface area contributed by atoms with Gasteiger partial charge in [0.1, 0.15) is 4.33 Å². The van der Waals surface area contributed by atoms with Crippen molar-refractivity contribution in [3.05, 3.63) is 35.3 Å². The zero-order valence-corrected chi connectivity index (χ0v) is 13.0. The summed E-state index contributed by atoms with van der Waals surface area (Å²) in [5.74, 6) is 0.0636. The Hall–Kier alpha value is -1.10. The van der Waals surface area contributed by atoms with Gasteiger partial charge in [-0.15, -0.1) is 34.5 Å². The molecule has 2 aromatic rings. The second-order valence-electron chi connectivity index (χ2n) is 4.78. The summed E-state index contributed by atoms with van der Waals surface area (Å²) >= 11 is 13.4. The number of hydrogen-bond acceptors (Lipinski definition) is 3. The molecule has 104 valence electrons. The van der Waals surface area contributed by atoms with E-state index in [1.165, 1.54) is 0 Å². The van der Waals surface area contributed by atoms with E-state index in [-0.39, 0.29) is 11.8 Å². The molecule has 0 bridgehead atoms. The Morgan fingerprint density at radius 1 is 1.40 bits per heavy atom. The van der Waals surface area contributed by atoms with Gasteiger partial charge in [0.15, 0.2) is 5.82 Å². The predicted molar refractivity (Wildman–Crippen MR) is 83.5 cm³/mol. The van der Waals surface area contributed by atoms with Crippen LogP contribution < -0.4 is 5.32 Å². The van der Waals surface area contributed by atoms with Crippen LogP contribution >= 0.6 is 34.5 Å². The number of aryl methyl sites for hydroxylation is 1. The maximum absolute atomic E-state index is 12.1. The summed E-state index contributed by atoms with van der Waals surface area (Å²) in [5, 5.41) is 3.74. The molecule has 6 heteroatoms. The Morgan fingerprint density at radius 3 is 2.65 bits per heavy atom. The van der Waals surface area contributed by atoms with E-state index in [0.717, 1.165) is 15.4 Å². The first-order valence-corrected chi connectivity index (χ1v) is 7.76. The molecule has 1 atom stereocenters. The molecule has 3 nitrogen and oxygen atoms in total. The van der Waals surface area contributed by atoms with Gasteiger partial charge in [-0.3, -0.25) is 4.79 Å². The van der Waals surface area contributed by atoms with E-state index < -0.39 is 4.33 Å². The minimum Gasteiger partial charge on any atom is -0.309 e. The summed E-state index contributed by atoms with van der Waals surface area (Å²) in [7, 11) is 0. The van der Waals surface area contributed by atoms with E-state index >= 15 is 0 Å². The van der Waals surface area contributed by atoms with Crippen molar-refractivity contribution in [3.63, 3.8) is 0 Å². The molecule has 0 aliphatic heterocycles. The first-order chi connectivity index (χ1) is 9.47. The van der Waals surface area contributed by atoms with Crippen molar-refractivity contribution in [2.75, 3.05) is 5.32 Å². The normalized spacial score (nSPS) is 19.6. The van der Waals surface area contributed by atoms with Crippen molar-refractivity contribution in [2.45, 2.75) is 17.7 Å². The molecular weight excluding hydrogens is 315 g/mol. The molecule has 1 heterocycles. The molecule has 0 unspecified atom stereocenters. The molecule has 0 saturated heterocycles. The van der Waals surface area contributed by atoms with Gasteiger partial charge in [0.25, 0.3) is 0 Å². The number of rotatable bonds is 3. The van der Waals surface area contributed by atoms with E-state index in [1.54, 1.807) is 11.3 Å². The van der Waals surface area contributed by atoms with Gasteiger partial charge >= 0.3 is 0 Å². The highest BCUT2D eigenvalue weighted by atomic mass is 35.5. The average Bonchev–Trinajstić information content (AvgIpc) is 2.89. The Kier molecular flexibility index (Phi) is 3.48. The molecule has 20 heavy (non-hydrogen) atoms. The molecule has 1 amide bonds. The van der Waals surface area contributed by atoms with Gasteiger partial charge in [0.05, 0.1) is 15.8 Å². The molecular formula is C14H12Cl2N2OS. The molecule has 1 saturated carbocycles. The van der Waals surface area contributed by atoms with Crippen molar-refractivity contribution >= 4 is 46.3 Å². The van der Waals surface area contributed by atoms with Gasteiger partial charge in [0.2, 0.25) is 5.91 Å². The zero-order valence-electron chi connectivity index (χ0n) is 10.7. The standard InChI is InChI=1S/C14H12Cl2N2OS/c1-8-17-12(18-13(19)10-7-14(10,15)16)11(20-8)9-5-3-2-4-6-9/h2-6,10H,7H2,1H3,(H,18,19)/t10-/m0/s1. The fraction of sp³-hybridized carbons (Fsp3) is 0.286. The minimum absolute atomic E-state index is 0.169. The topological polar surface area (TPSA) is 42.0 Å². The lowest BCUT2D eigenvalue weighted by Gasteiger charge is -2.05. The summed E-state index contributed by atoms with van der Waals surface area (Å²) in [4.78, 5) is 17.4. The van der Waals surface area contributed by atoms with Crippen LogP contribution in [0, 0.1) is 12.8 Å². The molecule has 1 N–H and O–H groups in total. The Bertz CT molecular complexity index is 654. The number of alkyl halides is 2. The van der Waals surface area contributed by atoms with Crippen molar-refractivity contribution in [3.8, 4) is 10.4 Å². The number of carbonyl (C=O) groups excluding carboxylic acids is 1. The SMILES string of the molecule is Cc1nc(NC(=O)[C@@H]2CC2(Cl)Cl)c(-c2ccccc2)s1. The van der Waals surface area contributed by atoms with E-state index in [1.807, 2.05) is 37.3 Å². The molecule has 3 rings (SSSR count). The van der Waals surface area contributed by atoms with Gasteiger partial charge < -0.3 is 5.32 Å². The second-order valence-corrected chi connectivity index (χ2v) is 7.53. The van der Waals surface area contributed by atoms with Gasteiger partial charge in [-0.05, 0) is 18.9 Å². The molecule has 0 radical (unpaired) electrons. The maximum Gasteiger partial charge on any atom is 0.231 e. The van der Waals surface area contributed by atoms with Crippen LogP contribution in [-0.4, -0.2) is 15.2 Å². The number of aromatic nitrogens is 1. The fourth-order valence-corrected chi connectivity index (χ4v) is 3.38. The largest absolute Gasteiger partial charge is 0.309 e. The Labute approximate surface area is 130 Å². The number of anilines is 1. The van der Waals surface area contributed by atoms with Crippen LogP contribution in [-0.2, 0) is 4.79 Å². The highest BCUT2D eigenvalue weighted by Crippen LogP contribution is 2.53. The van der Waals surface area contributed by atoms with Crippen LogP contribution in [0.15, 0.2) is 30.3 Å². The number of nitrogens with zero attached hydrogens (tertiary/aromatic N) is 1. The summed E-state index contributed by atoms with van der Waals surface area (Å²) in [5.41, 5.74) is 1.03. The lowest BCUT2D eigenvalue weighted by atomic mass is 10.2. The predicted octanol–water partition coefficient (Wildman–Crippen LogP) is 4.25. The summed E-state index contributed by atoms with van der Waals surface area (Å²) < 4.78 is -0.915. The van der Waals surface area contributed by atoms with Crippen LogP contribution in [0.1, 0.15) is 11.4 Å². The van der Waals surface area contributed by atoms with Crippen molar-refractivity contribution in [1.82, 2.24) is 4.98 Å². The number of thiazole rings is 1. The first kappa shape index (κ1) is 13.9. The number of nitrogens with one attached hydrogen (secondary N) is 1. The van der Waals surface area contributed by atoms with Crippen LogP contribution in [0.5, 0.6) is 0 Å². The number of benzene rings is 1. The Balaban J connectivity index is 1.86. The summed E-state index contributed by atoms with van der Waals surface area (Å²) in [6, 6.07) is 9.86. The van der Waals surface area contributed by atoms with Crippen LogP contribution in [0.2, 0.25) is 0 Å². The fourth-order valence-electron chi connectivity index (χ4n) is 2.00. The number of amides is 1. The molecule has 1 fully saturated rings.